The Kier molecular flexibility index (Phi) is 3.77. The minimum atomic E-state index is -0.856. The lowest BCUT2D eigenvalue weighted by Gasteiger charge is -2.07. The molecule has 0 aliphatic rings. The number of halogens is 1. The molecule has 0 aliphatic heterocycles. The number of carboxylic acids is 1. The van der Waals surface area contributed by atoms with Crippen LogP contribution < -0.4 is 4.74 Å². The zero-order chi connectivity index (χ0) is 10.6. The van der Waals surface area contributed by atoms with Crippen LogP contribution in [0.1, 0.15) is 11.1 Å². The molecule has 0 atom stereocenters. The SMILES string of the molecule is COc1cc(CC(=O)O)ccc1CCl. The topological polar surface area (TPSA) is 46.5 Å². The maximum Gasteiger partial charge on any atom is 0.307 e. The van der Waals surface area contributed by atoms with Crippen LogP contribution in [-0.2, 0) is 17.1 Å². The lowest BCUT2D eigenvalue weighted by molar-refractivity contribution is -0.136. The van der Waals surface area contributed by atoms with Crippen molar-refractivity contribution in [3.63, 3.8) is 0 Å². The van der Waals surface area contributed by atoms with Crippen molar-refractivity contribution in [1.29, 1.82) is 0 Å². The summed E-state index contributed by atoms with van der Waals surface area (Å²) < 4.78 is 5.08. The summed E-state index contributed by atoms with van der Waals surface area (Å²) in [7, 11) is 1.54. The summed E-state index contributed by atoms with van der Waals surface area (Å²) in [6, 6.07) is 5.23. The average Bonchev–Trinajstić information content (AvgIpc) is 2.16. The van der Waals surface area contributed by atoms with Crippen molar-refractivity contribution >= 4 is 17.6 Å². The van der Waals surface area contributed by atoms with Gasteiger partial charge in [0.05, 0.1) is 19.4 Å². The van der Waals surface area contributed by atoms with Gasteiger partial charge in [-0.1, -0.05) is 12.1 Å². The van der Waals surface area contributed by atoms with Gasteiger partial charge in [0, 0.05) is 5.56 Å². The fourth-order valence-corrected chi connectivity index (χ4v) is 1.40. The molecule has 0 spiro atoms. The highest BCUT2D eigenvalue weighted by molar-refractivity contribution is 6.17. The van der Waals surface area contributed by atoms with Crippen LogP contribution in [0.15, 0.2) is 18.2 Å². The van der Waals surface area contributed by atoms with Gasteiger partial charge in [0.2, 0.25) is 0 Å². The van der Waals surface area contributed by atoms with Crippen LogP contribution in [0.2, 0.25) is 0 Å². The van der Waals surface area contributed by atoms with Gasteiger partial charge in [0.15, 0.2) is 0 Å². The van der Waals surface area contributed by atoms with Gasteiger partial charge in [-0.3, -0.25) is 4.79 Å². The third-order valence-corrected chi connectivity index (χ3v) is 2.14. The third-order valence-electron chi connectivity index (χ3n) is 1.85. The summed E-state index contributed by atoms with van der Waals surface area (Å²) in [4.78, 5) is 10.5. The first-order chi connectivity index (χ1) is 6.67. The minimum absolute atomic E-state index is 0.00107. The highest BCUT2D eigenvalue weighted by Gasteiger charge is 2.05. The molecule has 4 heteroatoms. The van der Waals surface area contributed by atoms with Gasteiger partial charge in [-0.25, -0.2) is 0 Å². The van der Waals surface area contributed by atoms with Crippen LogP contribution in [0.5, 0.6) is 5.75 Å². The van der Waals surface area contributed by atoms with E-state index in [1.165, 1.54) is 7.11 Å². The molecule has 3 nitrogen and oxygen atoms in total. The average molecular weight is 215 g/mol. The van der Waals surface area contributed by atoms with E-state index in [1.807, 2.05) is 0 Å². The van der Waals surface area contributed by atoms with E-state index >= 15 is 0 Å². The Balaban J connectivity index is 2.95. The molecule has 1 aromatic carbocycles. The number of aliphatic carboxylic acids is 1. The van der Waals surface area contributed by atoms with Crippen molar-refractivity contribution in [1.82, 2.24) is 0 Å². The van der Waals surface area contributed by atoms with Gasteiger partial charge in [0.25, 0.3) is 0 Å². The lowest BCUT2D eigenvalue weighted by atomic mass is 10.1. The van der Waals surface area contributed by atoms with Crippen LogP contribution in [0.3, 0.4) is 0 Å². The maximum absolute atomic E-state index is 10.5. The molecule has 0 saturated heterocycles. The second-order valence-electron chi connectivity index (χ2n) is 2.85. The molecule has 0 heterocycles. The van der Waals surface area contributed by atoms with E-state index in [-0.39, 0.29) is 6.42 Å². The summed E-state index contributed by atoms with van der Waals surface area (Å²) in [5.74, 6) is 0.140. The molecular weight excluding hydrogens is 204 g/mol. The van der Waals surface area contributed by atoms with E-state index in [4.69, 9.17) is 21.4 Å². The predicted molar refractivity (Wildman–Crippen MR) is 53.9 cm³/mol. The second kappa shape index (κ2) is 4.86. The minimum Gasteiger partial charge on any atom is -0.496 e. The van der Waals surface area contributed by atoms with E-state index in [2.05, 4.69) is 0 Å². The van der Waals surface area contributed by atoms with Crippen LogP contribution in [0.25, 0.3) is 0 Å². The number of rotatable bonds is 4. The summed E-state index contributed by atoms with van der Waals surface area (Å²) >= 11 is 5.67. The zero-order valence-electron chi connectivity index (χ0n) is 7.79. The van der Waals surface area contributed by atoms with Crippen molar-refractivity contribution < 1.29 is 14.6 Å². The smallest absolute Gasteiger partial charge is 0.307 e. The van der Waals surface area contributed by atoms with Crippen molar-refractivity contribution in [2.75, 3.05) is 7.11 Å². The van der Waals surface area contributed by atoms with Crippen molar-refractivity contribution in [2.24, 2.45) is 0 Å². The Morgan fingerprint density at radius 2 is 2.29 bits per heavy atom. The number of benzene rings is 1. The van der Waals surface area contributed by atoms with Crippen LogP contribution in [0, 0.1) is 0 Å². The second-order valence-corrected chi connectivity index (χ2v) is 3.12. The maximum atomic E-state index is 10.5. The fraction of sp³-hybridized carbons (Fsp3) is 0.300. The predicted octanol–water partition coefficient (Wildman–Crippen LogP) is 2.06. The molecule has 0 amide bonds. The molecule has 0 saturated carbocycles. The largest absolute Gasteiger partial charge is 0.496 e. The molecule has 0 unspecified atom stereocenters. The monoisotopic (exact) mass is 214 g/mol. The Hall–Kier alpha value is -1.22. The van der Waals surface area contributed by atoms with Gasteiger partial charge < -0.3 is 9.84 Å². The molecule has 1 rings (SSSR count). The first-order valence-electron chi connectivity index (χ1n) is 4.11. The number of ether oxygens (including phenoxy) is 1. The number of hydrogen-bond donors (Lipinski definition) is 1. The molecule has 14 heavy (non-hydrogen) atoms. The van der Waals surface area contributed by atoms with Gasteiger partial charge in [-0.15, -0.1) is 11.6 Å². The van der Waals surface area contributed by atoms with E-state index in [9.17, 15) is 4.79 Å². The van der Waals surface area contributed by atoms with Crippen LogP contribution >= 0.6 is 11.6 Å². The summed E-state index contributed by atoms with van der Waals surface area (Å²) in [6.07, 6.45) is -0.00107. The highest BCUT2D eigenvalue weighted by Crippen LogP contribution is 2.22. The van der Waals surface area contributed by atoms with Crippen LogP contribution in [-0.4, -0.2) is 18.2 Å². The van der Waals surface area contributed by atoms with E-state index in [1.54, 1.807) is 18.2 Å². The lowest BCUT2D eigenvalue weighted by Crippen LogP contribution is -2.01. The van der Waals surface area contributed by atoms with Gasteiger partial charge in [-0.05, 0) is 11.6 Å². The summed E-state index contributed by atoms with van der Waals surface area (Å²) in [6.45, 7) is 0. The molecule has 1 aromatic rings. The van der Waals surface area contributed by atoms with Gasteiger partial charge in [0.1, 0.15) is 5.75 Å². The van der Waals surface area contributed by atoms with Gasteiger partial charge >= 0.3 is 5.97 Å². The molecule has 0 fully saturated rings. The Labute approximate surface area is 87.3 Å². The van der Waals surface area contributed by atoms with Crippen molar-refractivity contribution in [3.05, 3.63) is 29.3 Å². The third kappa shape index (κ3) is 2.64. The van der Waals surface area contributed by atoms with E-state index in [0.29, 0.717) is 17.2 Å². The van der Waals surface area contributed by atoms with Crippen LogP contribution in [0.4, 0.5) is 0 Å². The van der Waals surface area contributed by atoms with Gasteiger partial charge in [-0.2, -0.15) is 0 Å². The van der Waals surface area contributed by atoms with E-state index in [0.717, 1.165) is 5.56 Å². The Bertz CT molecular complexity index is 336. The number of carbonyl (C=O) groups is 1. The zero-order valence-corrected chi connectivity index (χ0v) is 8.54. The molecule has 0 bridgehead atoms. The number of carboxylic acid groups (broad SMARTS) is 1. The number of hydrogen-bond acceptors (Lipinski definition) is 2. The standard InChI is InChI=1S/C10H11ClO3/c1-14-9-4-7(5-10(12)13)2-3-8(9)6-11/h2-4H,5-6H2,1H3,(H,12,13). The molecular formula is C10H11ClO3. The first-order valence-corrected chi connectivity index (χ1v) is 4.64. The summed E-state index contributed by atoms with van der Waals surface area (Å²) in [5, 5.41) is 8.59. The first kappa shape index (κ1) is 10.9. The fourth-order valence-electron chi connectivity index (χ4n) is 1.18. The van der Waals surface area contributed by atoms with Crippen molar-refractivity contribution in [2.45, 2.75) is 12.3 Å². The highest BCUT2D eigenvalue weighted by atomic mass is 35.5. The Morgan fingerprint density at radius 1 is 1.57 bits per heavy atom. The van der Waals surface area contributed by atoms with Crippen molar-refractivity contribution in [3.8, 4) is 5.75 Å². The molecule has 1 N–H and O–H groups in total. The molecule has 0 aromatic heterocycles. The molecule has 76 valence electrons. The summed E-state index contributed by atoms with van der Waals surface area (Å²) in [5.41, 5.74) is 1.58. The molecule has 0 radical (unpaired) electrons. The van der Waals surface area contributed by atoms with E-state index < -0.39 is 5.97 Å². The quantitative estimate of drug-likeness (QED) is 0.781. The number of alkyl halides is 1. The molecule has 0 aliphatic carbocycles. The number of methoxy groups -OCH3 is 1. The normalized spacial score (nSPS) is 9.86. The Morgan fingerprint density at radius 3 is 2.79 bits per heavy atom.